The molecule has 0 aliphatic heterocycles. The van der Waals surface area contributed by atoms with Crippen LogP contribution in [0.25, 0.3) is 0 Å². The Morgan fingerprint density at radius 3 is 2.86 bits per heavy atom. The second kappa shape index (κ2) is 7.87. The minimum atomic E-state index is -0.991. The third-order valence-electron chi connectivity index (χ3n) is 2.74. The molecule has 2 unspecified atom stereocenters. The molecule has 1 rings (SSSR count). The lowest BCUT2D eigenvalue weighted by molar-refractivity contribution is -0.129. The molecule has 0 aliphatic rings. The molecule has 0 bridgehead atoms. The largest absolute Gasteiger partial charge is 0.479 e. The van der Waals surface area contributed by atoms with Crippen molar-refractivity contribution in [3.05, 3.63) is 23.5 Å². The van der Waals surface area contributed by atoms with Crippen LogP contribution in [0.1, 0.15) is 27.2 Å². The molecule has 1 heterocycles. The summed E-state index contributed by atoms with van der Waals surface area (Å²) in [6, 6.07) is 1.58. The van der Waals surface area contributed by atoms with Crippen LogP contribution in [0.3, 0.4) is 0 Å². The highest BCUT2D eigenvalue weighted by atomic mass is 35.5. The maximum Gasteiger partial charge on any atom is 0.262 e. The lowest BCUT2D eigenvalue weighted by atomic mass is 10.0. The number of aromatic nitrogens is 1. The van der Waals surface area contributed by atoms with E-state index in [0.717, 1.165) is 0 Å². The summed E-state index contributed by atoms with van der Waals surface area (Å²) >= 11 is 5.83. The van der Waals surface area contributed by atoms with Crippen molar-refractivity contribution in [2.24, 2.45) is 0 Å². The summed E-state index contributed by atoms with van der Waals surface area (Å²) in [5.41, 5.74) is -0.991. The van der Waals surface area contributed by atoms with Gasteiger partial charge in [0.1, 0.15) is 11.3 Å². The van der Waals surface area contributed by atoms with Crippen molar-refractivity contribution in [3.63, 3.8) is 0 Å². The van der Waals surface area contributed by atoms with Crippen LogP contribution < -0.4 is 10.1 Å². The topological polar surface area (TPSA) is 71.5 Å². The van der Waals surface area contributed by atoms with Crippen LogP contribution in [0, 0.1) is 11.8 Å². The number of hydrogen-bond acceptors (Lipinski definition) is 4. The molecule has 0 saturated heterocycles. The van der Waals surface area contributed by atoms with E-state index in [1.807, 2.05) is 6.92 Å². The van der Waals surface area contributed by atoms with Crippen molar-refractivity contribution >= 4 is 17.5 Å². The molecule has 0 saturated carbocycles. The Kier molecular flexibility index (Phi) is 6.47. The summed E-state index contributed by atoms with van der Waals surface area (Å²) in [5.74, 6) is 5.52. The summed E-state index contributed by atoms with van der Waals surface area (Å²) in [5, 5.41) is 12.5. The number of pyridine rings is 1. The van der Waals surface area contributed by atoms with E-state index < -0.39 is 11.6 Å². The number of amides is 1. The molecule has 0 aliphatic carbocycles. The first-order chi connectivity index (χ1) is 9.94. The van der Waals surface area contributed by atoms with Gasteiger partial charge in [-0.1, -0.05) is 24.4 Å². The van der Waals surface area contributed by atoms with Gasteiger partial charge in [-0.05, 0) is 20.3 Å². The molecule has 0 spiro atoms. The number of ether oxygens (including phenoxy) is 1. The highest BCUT2D eigenvalue weighted by molar-refractivity contribution is 6.30. The number of halogens is 1. The van der Waals surface area contributed by atoms with Gasteiger partial charge < -0.3 is 15.2 Å². The SMILES string of the molecule is CC#CC(C)(CO)NC(=O)C(CC)Oc1cncc(Cl)c1. The molecule has 0 aromatic carbocycles. The molecule has 21 heavy (non-hydrogen) atoms. The van der Waals surface area contributed by atoms with Crippen molar-refractivity contribution in [2.75, 3.05) is 6.61 Å². The molecule has 1 aromatic rings. The van der Waals surface area contributed by atoms with Crippen LogP contribution in [0.4, 0.5) is 0 Å². The van der Waals surface area contributed by atoms with Gasteiger partial charge in [0, 0.05) is 12.3 Å². The van der Waals surface area contributed by atoms with Crippen molar-refractivity contribution in [2.45, 2.75) is 38.8 Å². The Labute approximate surface area is 129 Å². The van der Waals surface area contributed by atoms with Crippen molar-refractivity contribution in [1.82, 2.24) is 10.3 Å². The standard InChI is InChI=1S/C15H19ClN2O3/c1-4-6-15(3,10-19)18-14(20)13(5-2)21-12-7-11(16)8-17-9-12/h7-9,13,19H,5,10H2,1-3H3,(H,18,20). The molecule has 114 valence electrons. The molecule has 0 fully saturated rings. The molecule has 0 radical (unpaired) electrons. The van der Waals surface area contributed by atoms with E-state index in [9.17, 15) is 9.90 Å². The maximum absolute atomic E-state index is 12.2. The molecule has 5 nitrogen and oxygen atoms in total. The lowest BCUT2D eigenvalue weighted by Gasteiger charge is -2.26. The highest BCUT2D eigenvalue weighted by Crippen LogP contribution is 2.17. The van der Waals surface area contributed by atoms with E-state index in [-0.39, 0.29) is 12.5 Å². The summed E-state index contributed by atoms with van der Waals surface area (Å²) in [6.45, 7) is 4.83. The molecule has 1 aromatic heterocycles. The van der Waals surface area contributed by atoms with Crippen LogP contribution in [0.5, 0.6) is 5.75 Å². The normalized spacial score (nSPS) is 14.3. The van der Waals surface area contributed by atoms with E-state index in [1.54, 1.807) is 19.9 Å². The smallest absolute Gasteiger partial charge is 0.262 e. The Morgan fingerprint density at radius 1 is 1.62 bits per heavy atom. The third kappa shape index (κ3) is 5.25. The zero-order valence-electron chi connectivity index (χ0n) is 12.3. The molecular weight excluding hydrogens is 292 g/mol. The van der Waals surface area contributed by atoms with Gasteiger partial charge in [-0.2, -0.15) is 0 Å². The Bertz CT molecular complexity index is 553. The lowest BCUT2D eigenvalue weighted by Crippen LogP contribution is -2.52. The fraction of sp³-hybridized carbons (Fsp3) is 0.467. The molecular formula is C15H19ClN2O3. The Morgan fingerprint density at radius 2 is 2.33 bits per heavy atom. The van der Waals surface area contributed by atoms with Crippen molar-refractivity contribution in [1.29, 1.82) is 0 Å². The van der Waals surface area contributed by atoms with E-state index in [0.29, 0.717) is 17.2 Å². The first kappa shape index (κ1) is 17.3. The number of rotatable bonds is 6. The predicted octanol–water partition coefficient (Wildman–Crippen LogP) is 1.78. The van der Waals surface area contributed by atoms with Gasteiger partial charge in [0.25, 0.3) is 5.91 Å². The number of aliphatic hydroxyl groups is 1. The quantitative estimate of drug-likeness (QED) is 0.786. The van der Waals surface area contributed by atoms with Crippen LogP contribution >= 0.6 is 11.6 Å². The second-order valence-electron chi connectivity index (χ2n) is 4.71. The number of carbonyl (C=O) groups is 1. The van der Waals surface area contributed by atoms with Gasteiger partial charge >= 0.3 is 0 Å². The zero-order chi connectivity index (χ0) is 15.9. The Hall–Kier alpha value is -1.77. The fourth-order valence-electron chi connectivity index (χ4n) is 1.68. The monoisotopic (exact) mass is 310 g/mol. The van der Waals surface area contributed by atoms with Crippen molar-refractivity contribution < 1.29 is 14.6 Å². The van der Waals surface area contributed by atoms with E-state index in [4.69, 9.17) is 16.3 Å². The number of aliphatic hydroxyl groups excluding tert-OH is 1. The van der Waals surface area contributed by atoms with Crippen molar-refractivity contribution in [3.8, 4) is 17.6 Å². The van der Waals surface area contributed by atoms with Crippen LogP contribution in [0.2, 0.25) is 5.02 Å². The van der Waals surface area contributed by atoms with Gasteiger partial charge in [-0.15, -0.1) is 5.92 Å². The first-order valence-electron chi connectivity index (χ1n) is 6.58. The van der Waals surface area contributed by atoms with Crippen LogP contribution in [-0.2, 0) is 4.79 Å². The summed E-state index contributed by atoms with van der Waals surface area (Å²) in [7, 11) is 0. The first-order valence-corrected chi connectivity index (χ1v) is 6.96. The Balaban J connectivity index is 2.79. The van der Waals surface area contributed by atoms with E-state index in [2.05, 4.69) is 22.1 Å². The number of carbonyl (C=O) groups excluding carboxylic acids is 1. The zero-order valence-corrected chi connectivity index (χ0v) is 13.1. The third-order valence-corrected chi connectivity index (χ3v) is 2.94. The van der Waals surface area contributed by atoms with E-state index in [1.165, 1.54) is 12.4 Å². The summed E-state index contributed by atoms with van der Waals surface area (Å²) < 4.78 is 5.59. The number of nitrogens with zero attached hydrogens (tertiary/aromatic N) is 1. The summed E-state index contributed by atoms with van der Waals surface area (Å²) in [4.78, 5) is 16.1. The van der Waals surface area contributed by atoms with Crippen LogP contribution in [-0.4, -0.2) is 34.2 Å². The fourth-order valence-corrected chi connectivity index (χ4v) is 1.85. The van der Waals surface area contributed by atoms with Crippen LogP contribution in [0.15, 0.2) is 18.5 Å². The van der Waals surface area contributed by atoms with Gasteiger partial charge in [-0.25, -0.2) is 0 Å². The van der Waals surface area contributed by atoms with Gasteiger partial charge in [0.2, 0.25) is 0 Å². The highest BCUT2D eigenvalue weighted by Gasteiger charge is 2.28. The second-order valence-corrected chi connectivity index (χ2v) is 5.14. The number of nitrogens with one attached hydrogen (secondary N) is 1. The molecule has 1 amide bonds. The summed E-state index contributed by atoms with van der Waals surface area (Å²) in [6.07, 6.45) is 2.71. The molecule has 6 heteroatoms. The van der Waals surface area contributed by atoms with Gasteiger partial charge in [-0.3, -0.25) is 9.78 Å². The predicted molar refractivity (Wildman–Crippen MR) is 81.0 cm³/mol. The molecule has 2 N–H and O–H groups in total. The maximum atomic E-state index is 12.2. The average Bonchev–Trinajstić information content (AvgIpc) is 2.45. The van der Waals surface area contributed by atoms with Gasteiger partial charge in [0.05, 0.1) is 17.8 Å². The minimum absolute atomic E-state index is 0.283. The molecule has 2 atom stereocenters. The average molecular weight is 311 g/mol. The number of hydrogen-bond donors (Lipinski definition) is 2. The van der Waals surface area contributed by atoms with E-state index >= 15 is 0 Å². The van der Waals surface area contributed by atoms with Gasteiger partial charge in [0.15, 0.2) is 6.10 Å². The minimum Gasteiger partial charge on any atom is -0.479 e.